The van der Waals surface area contributed by atoms with Crippen LogP contribution in [0.15, 0.2) is 29.2 Å². The minimum absolute atomic E-state index is 0.290. The number of carboxylic acids is 1. The van der Waals surface area contributed by atoms with E-state index in [-0.39, 0.29) is 6.42 Å². The van der Waals surface area contributed by atoms with Gasteiger partial charge in [-0.3, -0.25) is 4.79 Å². The molecule has 2 N–H and O–H groups in total. The lowest BCUT2D eigenvalue weighted by atomic mass is 10.1. The number of thioether (sulfide) groups is 1. The maximum absolute atomic E-state index is 10.3. The van der Waals surface area contributed by atoms with Gasteiger partial charge >= 0.3 is 5.97 Å². The van der Waals surface area contributed by atoms with Crippen molar-refractivity contribution in [3.63, 3.8) is 0 Å². The van der Waals surface area contributed by atoms with Gasteiger partial charge in [0, 0.05) is 11.3 Å². The van der Waals surface area contributed by atoms with Crippen molar-refractivity contribution in [2.45, 2.75) is 43.4 Å². The van der Waals surface area contributed by atoms with E-state index in [1.165, 1.54) is 0 Å². The first-order valence-corrected chi connectivity index (χ1v) is 7.30. The molecule has 1 aromatic carbocycles. The molecular weight excluding hydrogens is 248 g/mol. The fraction of sp³-hybridized carbons (Fsp3) is 0.500. The number of unbranched alkanes of at least 4 members (excludes halogenated alkanes) is 4. The maximum atomic E-state index is 10.3. The average molecular weight is 268 g/mol. The van der Waals surface area contributed by atoms with Crippen molar-refractivity contribution in [2.75, 3.05) is 5.75 Å². The summed E-state index contributed by atoms with van der Waals surface area (Å²) in [5.74, 6) is 0.658. The van der Waals surface area contributed by atoms with Crippen LogP contribution in [0.3, 0.4) is 0 Å². The molecule has 0 aliphatic carbocycles. The highest BCUT2D eigenvalue weighted by atomic mass is 32.2. The Bertz CT molecular complexity index is 366. The quantitative estimate of drug-likeness (QED) is 0.526. The number of carboxylic acid groups (broad SMARTS) is 1. The van der Waals surface area contributed by atoms with Gasteiger partial charge in [0.15, 0.2) is 0 Å². The SMILES string of the molecule is O=C(O)CCCCCCCSc1cccc(O)c1. The van der Waals surface area contributed by atoms with Gasteiger partial charge in [-0.1, -0.05) is 25.3 Å². The van der Waals surface area contributed by atoms with E-state index in [1.807, 2.05) is 12.1 Å². The van der Waals surface area contributed by atoms with E-state index >= 15 is 0 Å². The Morgan fingerprint density at radius 3 is 2.56 bits per heavy atom. The van der Waals surface area contributed by atoms with Gasteiger partial charge < -0.3 is 10.2 Å². The number of aliphatic carboxylic acids is 1. The summed E-state index contributed by atoms with van der Waals surface area (Å²) in [5.41, 5.74) is 0. The number of rotatable bonds is 9. The van der Waals surface area contributed by atoms with E-state index in [2.05, 4.69) is 0 Å². The number of hydrogen-bond acceptors (Lipinski definition) is 3. The van der Waals surface area contributed by atoms with Crippen molar-refractivity contribution in [3.8, 4) is 5.75 Å². The molecule has 0 aliphatic heterocycles. The van der Waals surface area contributed by atoms with Gasteiger partial charge in [-0.2, -0.15) is 0 Å². The van der Waals surface area contributed by atoms with E-state index in [0.717, 1.165) is 42.8 Å². The van der Waals surface area contributed by atoms with Crippen LogP contribution in [0.1, 0.15) is 38.5 Å². The molecule has 0 aromatic heterocycles. The smallest absolute Gasteiger partial charge is 0.303 e. The van der Waals surface area contributed by atoms with Gasteiger partial charge in [0.25, 0.3) is 0 Å². The highest BCUT2D eigenvalue weighted by Gasteiger charge is 1.98. The molecule has 3 nitrogen and oxygen atoms in total. The van der Waals surface area contributed by atoms with Crippen LogP contribution in [-0.2, 0) is 4.79 Å². The minimum Gasteiger partial charge on any atom is -0.508 e. The van der Waals surface area contributed by atoms with Gasteiger partial charge in [0.2, 0.25) is 0 Å². The zero-order chi connectivity index (χ0) is 13.2. The number of hydrogen-bond donors (Lipinski definition) is 2. The molecule has 0 radical (unpaired) electrons. The fourth-order valence-corrected chi connectivity index (χ4v) is 2.63. The second-order valence-corrected chi connectivity index (χ2v) is 5.43. The first-order chi connectivity index (χ1) is 8.68. The van der Waals surface area contributed by atoms with Crippen LogP contribution in [0.4, 0.5) is 0 Å². The van der Waals surface area contributed by atoms with E-state index in [1.54, 1.807) is 23.9 Å². The third-order valence-corrected chi connectivity index (χ3v) is 3.70. The highest BCUT2D eigenvalue weighted by molar-refractivity contribution is 7.99. The summed E-state index contributed by atoms with van der Waals surface area (Å²) >= 11 is 1.75. The molecule has 1 rings (SSSR count). The second-order valence-electron chi connectivity index (χ2n) is 4.26. The molecule has 0 spiro atoms. The van der Waals surface area contributed by atoms with Crippen molar-refractivity contribution >= 4 is 17.7 Å². The Balaban J connectivity index is 1.97. The molecule has 0 atom stereocenters. The molecular formula is C14H20O3S. The molecule has 0 fully saturated rings. The van der Waals surface area contributed by atoms with Crippen LogP contribution in [0, 0.1) is 0 Å². The van der Waals surface area contributed by atoms with Crippen molar-refractivity contribution < 1.29 is 15.0 Å². The third-order valence-electron chi connectivity index (χ3n) is 2.62. The van der Waals surface area contributed by atoms with E-state index in [9.17, 15) is 9.90 Å². The number of carbonyl (C=O) groups is 1. The molecule has 18 heavy (non-hydrogen) atoms. The number of aromatic hydroxyl groups is 1. The predicted molar refractivity (Wildman–Crippen MR) is 74.2 cm³/mol. The Kier molecular flexibility index (Phi) is 7.34. The molecule has 100 valence electrons. The monoisotopic (exact) mass is 268 g/mol. The third kappa shape index (κ3) is 7.22. The largest absolute Gasteiger partial charge is 0.508 e. The van der Waals surface area contributed by atoms with Crippen molar-refractivity contribution in [1.29, 1.82) is 0 Å². The fourth-order valence-electron chi connectivity index (χ4n) is 1.67. The Morgan fingerprint density at radius 1 is 1.11 bits per heavy atom. The summed E-state index contributed by atoms with van der Waals surface area (Å²) in [6, 6.07) is 7.30. The van der Waals surface area contributed by atoms with Gasteiger partial charge in [0.05, 0.1) is 0 Å². The molecule has 0 saturated carbocycles. The Labute approximate surface area is 112 Å². The molecule has 0 aliphatic rings. The van der Waals surface area contributed by atoms with Crippen LogP contribution in [0.2, 0.25) is 0 Å². The van der Waals surface area contributed by atoms with Gasteiger partial charge in [0.1, 0.15) is 5.75 Å². The van der Waals surface area contributed by atoms with Gasteiger partial charge in [-0.05, 0) is 36.8 Å². The molecule has 0 bridgehead atoms. The van der Waals surface area contributed by atoms with Crippen LogP contribution in [0.25, 0.3) is 0 Å². The summed E-state index contributed by atoms with van der Waals surface area (Å²) < 4.78 is 0. The molecule has 4 heteroatoms. The highest BCUT2D eigenvalue weighted by Crippen LogP contribution is 2.23. The number of benzene rings is 1. The molecule has 0 saturated heterocycles. The van der Waals surface area contributed by atoms with Gasteiger partial charge in [-0.25, -0.2) is 0 Å². The van der Waals surface area contributed by atoms with Crippen LogP contribution >= 0.6 is 11.8 Å². The van der Waals surface area contributed by atoms with Crippen LogP contribution < -0.4 is 0 Å². The first-order valence-electron chi connectivity index (χ1n) is 6.32. The van der Waals surface area contributed by atoms with E-state index in [4.69, 9.17) is 5.11 Å². The van der Waals surface area contributed by atoms with E-state index < -0.39 is 5.97 Å². The maximum Gasteiger partial charge on any atom is 0.303 e. The molecule has 0 unspecified atom stereocenters. The van der Waals surface area contributed by atoms with Crippen molar-refractivity contribution in [3.05, 3.63) is 24.3 Å². The second kappa shape index (κ2) is 8.86. The number of phenolic OH excluding ortho intramolecular Hbond substituents is 1. The van der Waals surface area contributed by atoms with Crippen LogP contribution in [-0.4, -0.2) is 21.9 Å². The van der Waals surface area contributed by atoms with Gasteiger partial charge in [-0.15, -0.1) is 11.8 Å². The summed E-state index contributed by atoms with van der Waals surface area (Å²) in [6.07, 6.45) is 5.46. The summed E-state index contributed by atoms with van der Waals surface area (Å²) in [6.45, 7) is 0. The topological polar surface area (TPSA) is 57.5 Å². The lowest BCUT2D eigenvalue weighted by molar-refractivity contribution is -0.137. The minimum atomic E-state index is -0.700. The molecule has 0 heterocycles. The summed E-state index contributed by atoms with van der Waals surface area (Å²) in [7, 11) is 0. The normalized spacial score (nSPS) is 10.4. The zero-order valence-corrected chi connectivity index (χ0v) is 11.3. The molecule has 0 amide bonds. The van der Waals surface area contributed by atoms with Crippen LogP contribution in [0.5, 0.6) is 5.75 Å². The predicted octanol–water partition coefficient (Wildman–Crippen LogP) is 3.91. The zero-order valence-electron chi connectivity index (χ0n) is 10.5. The number of phenols is 1. The summed E-state index contributed by atoms with van der Waals surface area (Å²) in [4.78, 5) is 11.4. The molecule has 1 aromatic rings. The Hall–Kier alpha value is -1.16. The van der Waals surface area contributed by atoms with Crippen molar-refractivity contribution in [2.24, 2.45) is 0 Å². The summed E-state index contributed by atoms with van der Waals surface area (Å²) in [5, 5.41) is 17.8. The lowest BCUT2D eigenvalue weighted by Crippen LogP contribution is -1.93. The Morgan fingerprint density at radius 2 is 1.83 bits per heavy atom. The standard InChI is InChI=1S/C14H20O3S/c15-12-7-6-8-13(11-12)18-10-5-3-1-2-4-9-14(16)17/h6-8,11,15H,1-5,9-10H2,(H,16,17). The first kappa shape index (κ1) is 14.9. The van der Waals surface area contributed by atoms with Crippen molar-refractivity contribution in [1.82, 2.24) is 0 Å². The average Bonchev–Trinajstić information content (AvgIpc) is 2.32. The lowest BCUT2D eigenvalue weighted by Gasteiger charge is -2.02. The van der Waals surface area contributed by atoms with E-state index in [0.29, 0.717) is 5.75 Å².